The van der Waals surface area contributed by atoms with Gasteiger partial charge in [-0.15, -0.1) is 0 Å². The molecule has 0 saturated carbocycles. The van der Waals surface area contributed by atoms with E-state index in [9.17, 15) is 0 Å². The molecule has 0 spiro atoms. The van der Waals surface area contributed by atoms with Crippen LogP contribution in [0.2, 0.25) is 0 Å². The summed E-state index contributed by atoms with van der Waals surface area (Å²) in [5.41, 5.74) is 7.92. The molecule has 0 amide bonds. The Labute approximate surface area is 148 Å². The lowest BCUT2D eigenvalue weighted by molar-refractivity contribution is 0.823. The summed E-state index contributed by atoms with van der Waals surface area (Å²) in [4.78, 5) is 5.06. The largest absolute Gasteiger partial charge is 0.228 e. The van der Waals surface area contributed by atoms with Gasteiger partial charge in [0.25, 0.3) is 0 Å². The van der Waals surface area contributed by atoms with Crippen LogP contribution in [0.5, 0.6) is 0 Å². The Morgan fingerprint density at radius 2 is 1.44 bits per heavy atom. The van der Waals surface area contributed by atoms with Crippen molar-refractivity contribution >= 4 is 5.65 Å². The van der Waals surface area contributed by atoms with Gasteiger partial charge in [0.05, 0.1) is 11.9 Å². The van der Waals surface area contributed by atoms with Gasteiger partial charge in [0, 0.05) is 16.8 Å². The van der Waals surface area contributed by atoms with Crippen LogP contribution in [0.15, 0.2) is 66.9 Å². The number of aryl methyl sites for hydroxylation is 1. The summed E-state index contributed by atoms with van der Waals surface area (Å²) < 4.78 is 2.02. The zero-order chi connectivity index (χ0) is 17.2. The molecule has 3 heteroatoms. The van der Waals surface area contributed by atoms with E-state index in [0.29, 0.717) is 0 Å². The molecule has 124 valence electrons. The molecule has 25 heavy (non-hydrogen) atoms. The SMILES string of the molecule is CCc1c(-c2ccccc2)nc2c(-c3ccccc3)cnn2c1CC. The normalized spacial score (nSPS) is 11.1. The molecule has 0 atom stereocenters. The van der Waals surface area contributed by atoms with Crippen LogP contribution in [0.4, 0.5) is 0 Å². The number of rotatable bonds is 4. The molecule has 2 aromatic heterocycles. The van der Waals surface area contributed by atoms with E-state index in [1.165, 1.54) is 11.3 Å². The van der Waals surface area contributed by atoms with Gasteiger partial charge in [-0.05, 0) is 24.0 Å². The van der Waals surface area contributed by atoms with Gasteiger partial charge in [0.2, 0.25) is 0 Å². The highest BCUT2D eigenvalue weighted by Gasteiger charge is 2.18. The Balaban J connectivity index is 2.05. The summed E-state index contributed by atoms with van der Waals surface area (Å²) in [5.74, 6) is 0. The lowest BCUT2D eigenvalue weighted by Crippen LogP contribution is -2.07. The fourth-order valence-corrected chi connectivity index (χ4v) is 3.48. The van der Waals surface area contributed by atoms with Gasteiger partial charge in [0.15, 0.2) is 5.65 Å². The monoisotopic (exact) mass is 327 g/mol. The highest BCUT2D eigenvalue weighted by atomic mass is 15.3. The quantitative estimate of drug-likeness (QED) is 0.516. The fourth-order valence-electron chi connectivity index (χ4n) is 3.48. The van der Waals surface area contributed by atoms with Crippen molar-refractivity contribution in [2.45, 2.75) is 26.7 Å². The number of hydrogen-bond acceptors (Lipinski definition) is 2. The highest BCUT2D eigenvalue weighted by Crippen LogP contribution is 2.30. The lowest BCUT2D eigenvalue weighted by Gasteiger charge is -2.14. The van der Waals surface area contributed by atoms with Crippen LogP contribution in [0.25, 0.3) is 28.0 Å². The molecule has 0 aliphatic carbocycles. The van der Waals surface area contributed by atoms with Gasteiger partial charge in [0.1, 0.15) is 0 Å². The smallest absolute Gasteiger partial charge is 0.163 e. The van der Waals surface area contributed by atoms with Crippen molar-refractivity contribution in [3.63, 3.8) is 0 Å². The predicted octanol–water partition coefficient (Wildman–Crippen LogP) is 5.19. The molecule has 0 aliphatic rings. The molecule has 0 bridgehead atoms. The first-order valence-corrected chi connectivity index (χ1v) is 8.83. The van der Waals surface area contributed by atoms with Gasteiger partial charge in [-0.1, -0.05) is 74.5 Å². The van der Waals surface area contributed by atoms with Gasteiger partial charge in [-0.25, -0.2) is 9.50 Å². The minimum Gasteiger partial charge on any atom is -0.228 e. The van der Waals surface area contributed by atoms with Crippen LogP contribution in [0.1, 0.15) is 25.1 Å². The van der Waals surface area contributed by atoms with E-state index in [0.717, 1.165) is 40.9 Å². The van der Waals surface area contributed by atoms with Gasteiger partial charge in [-0.3, -0.25) is 0 Å². The molecule has 0 aliphatic heterocycles. The van der Waals surface area contributed by atoms with Gasteiger partial charge in [-0.2, -0.15) is 5.10 Å². The van der Waals surface area contributed by atoms with Gasteiger partial charge < -0.3 is 0 Å². The molecule has 0 saturated heterocycles. The maximum absolute atomic E-state index is 5.06. The van der Waals surface area contributed by atoms with E-state index in [1.54, 1.807) is 0 Å². The molecule has 3 nitrogen and oxygen atoms in total. The third-order valence-corrected chi connectivity index (χ3v) is 4.67. The second kappa shape index (κ2) is 6.52. The number of fused-ring (bicyclic) bond motifs is 1. The average molecular weight is 327 g/mol. The number of benzene rings is 2. The topological polar surface area (TPSA) is 30.2 Å². The minimum atomic E-state index is 0.929. The number of hydrogen-bond donors (Lipinski definition) is 0. The van der Waals surface area contributed by atoms with E-state index in [4.69, 9.17) is 4.98 Å². The van der Waals surface area contributed by atoms with Crippen LogP contribution in [-0.2, 0) is 12.8 Å². The molecule has 0 fully saturated rings. The average Bonchev–Trinajstić information content (AvgIpc) is 3.11. The van der Waals surface area contributed by atoms with Crippen molar-refractivity contribution in [1.82, 2.24) is 14.6 Å². The van der Waals surface area contributed by atoms with E-state index >= 15 is 0 Å². The molecule has 2 aromatic carbocycles. The third-order valence-electron chi connectivity index (χ3n) is 4.67. The zero-order valence-corrected chi connectivity index (χ0v) is 14.6. The van der Waals surface area contributed by atoms with Crippen LogP contribution in [0.3, 0.4) is 0 Å². The first kappa shape index (κ1) is 15.6. The molecular weight excluding hydrogens is 306 g/mol. The first-order valence-electron chi connectivity index (χ1n) is 8.83. The molecular formula is C22H21N3. The van der Waals surface area contributed by atoms with E-state index in [1.807, 2.05) is 22.8 Å². The summed E-state index contributed by atoms with van der Waals surface area (Å²) in [6.45, 7) is 4.38. The van der Waals surface area contributed by atoms with Crippen molar-refractivity contribution in [1.29, 1.82) is 0 Å². The van der Waals surface area contributed by atoms with Crippen LogP contribution in [0, 0.1) is 0 Å². The molecule has 4 rings (SSSR count). The standard InChI is InChI=1S/C22H21N3/c1-3-18-20(4-2)25-22(24-21(18)17-13-9-6-10-14-17)19(15-23-25)16-11-7-5-8-12-16/h5-15H,3-4H2,1-2H3. The maximum Gasteiger partial charge on any atom is 0.163 e. The summed E-state index contributed by atoms with van der Waals surface area (Å²) in [6, 6.07) is 20.8. The van der Waals surface area contributed by atoms with Crippen molar-refractivity contribution in [3.05, 3.63) is 78.1 Å². The van der Waals surface area contributed by atoms with E-state index in [2.05, 4.69) is 67.5 Å². The van der Waals surface area contributed by atoms with Crippen molar-refractivity contribution in [3.8, 4) is 22.4 Å². The molecule has 0 radical (unpaired) electrons. The zero-order valence-electron chi connectivity index (χ0n) is 14.6. The Kier molecular flexibility index (Phi) is 4.06. The summed E-state index contributed by atoms with van der Waals surface area (Å²) >= 11 is 0. The number of nitrogens with zero attached hydrogens (tertiary/aromatic N) is 3. The second-order valence-corrected chi connectivity index (χ2v) is 6.12. The number of aromatic nitrogens is 3. The first-order chi connectivity index (χ1) is 12.3. The van der Waals surface area contributed by atoms with Crippen molar-refractivity contribution in [2.24, 2.45) is 0 Å². The summed E-state index contributed by atoms with van der Waals surface area (Å²) in [7, 11) is 0. The third kappa shape index (κ3) is 2.62. The van der Waals surface area contributed by atoms with E-state index < -0.39 is 0 Å². The highest BCUT2D eigenvalue weighted by molar-refractivity contribution is 5.79. The van der Waals surface area contributed by atoms with Gasteiger partial charge >= 0.3 is 0 Å². The molecule has 4 aromatic rings. The molecule has 0 unspecified atom stereocenters. The van der Waals surface area contributed by atoms with E-state index in [-0.39, 0.29) is 0 Å². The van der Waals surface area contributed by atoms with Crippen molar-refractivity contribution in [2.75, 3.05) is 0 Å². The summed E-state index contributed by atoms with van der Waals surface area (Å²) in [5, 5.41) is 4.66. The van der Waals surface area contributed by atoms with Crippen molar-refractivity contribution < 1.29 is 0 Å². The Morgan fingerprint density at radius 3 is 2.04 bits per heavy atom. The fraction of sp³-hybridized carbons (Fsp3) is 0.182. The predicted molar refractivity (Wildman–Crippen MR) is 103 cm³/mol. The molecule has 2 heterocycles. The van der Waals surface area contributed by atoms with Crippen LogP contribution >= 0.6 is 0 Å². The summed E-state index contributed by atoms with van der Waals surface area (Å²) in [6.07, 6.45) is 3.81. The minimum absolute atomic E-state index is 0.929. The van der Waals surface area contributed by atoms with Crippen LogP contribution in [-0.4, -0.2) is 14.6 Å². The second-order valence-electron chi connectivity index (χ2n) is 6.12. The lowest BCUT2D eigenvalue weighted by atomic mass is 10.0. The van der Waals surface area contributed by atoms with Crippen LogP contribution < -0.4 is 0 Å². The maximum atomic E-state index is 5.06. The Morgan fingerprint density at radius 1 is 0.800 bits per heavy atom. The Bertz CT molecular complexity index is 1000. The molecule has 0 N–H and O–H groups in total. The Hall–Kier alpha value is -2.94.